The summed E-state index contributed by atoms with van der Waals surface area (Å²) in [7, 11) is 1.44. The molecule has 0 radical (unpaired) electrons. The van der Waals surface area contributed by atoms with Gasteiger partial charge in [0.05, 0.1) is 12.7 Å². The maximum absolute atomic E-state index is 11.4. The fourth-order valence-corrected chi connectivity index (χ4v) is 1.70. The second-order valence-corrected chi connectivity index (χ2v) is 3.79. The first-order chi connectivity index (χ1) is 7.97. The molecule has 0 aliphatic heterocycles. The lowest BCUT2D eigenvalue weighted by Crippen LogP contribution is -2.03. The van der Waals surface area contributed by atoms with E-state index in [9.17, 15) is 15.0 Å². The van der Waals surface area contributed by atoms with E-state index in [1.807, 2.05) is 0 Å². The quantitative estimate of drug-likeness (QED) is 0.738. The van der Waals surface area contributed by atoms with E-state index in [0.29, 0.717) is 11.3 Å². The van der Waals surface area contributed by atoms with Gasteiger partial charge in [-0.2, -0.15) is 0 Å². The molecule has 5 heteroatoms. The number of aromatic hydroxyl groups is 2. The summed E-state index contributed by atoms with van der Waals surface area (Å²) >= 11 is 0. The van der Waals surface area contributed by atoms with Crippen LogP contribution in [0.15, 0.2) is 15.3 Å². The lowest BCUT2D eigenvalue weighted by molar-refractivity contribution is 0.400. The standard InChI is InChI=1S/C12H12O5/c1-5-7(16-3)4-8-9(10(5)13)11(14)6(2)12(15)17-8/h4,13-14H,1-3H3. The number of hydrogen-bond acceptors (Lipinski definition) is 5. The third kappa shape index (κ3) is 1.51. The molecule has 1 heterocycles. The highest BCUT2D eigenvalue weighted by Gasteiger charge is 2.18. The van der Waals surface area contributed by atoms with Crippen LogP contribution in [-0.4, -0.2) is 17.3 Å². The Hall–Kier alpha value is -2.17. The summed E-state index contributed by atoms with van der Waals surface area (Å²) in [5.41, 5.74) is -0.000674. The number of benzene rings is 1. The predicted octanol–water partition coefficient (Wildman–Crippen LogP) is 1.83. The summed E-state index contributed by atoms with van der Waals surface area (Å²) < 4.78 is 10.0. The molecule has 2 aromatic rings. The Morgan fingerprint density at radius 3 is 2.35 bits per heavy atom. The van der Waals surface area contributed by atoms with Crippen molar-refractivity contribution in [2.75, 3.05) is 7.11 Å². The molecule has 0 saturated heterocycles. The van der Waals surface area contributed by atoms with E-state index in [0.717, 1.165) is 0 Å². The first-order valence-corrected chi connectivity index (χ1v) is 5.00. The molecule has 1 aromatic carbocycles. The van der Waals surface area contributed by atoms with Crippen molar-refractivity contribution in [3.63, 3.8) is 0 Å². The molecular weight excluding hydrogens is 224 g/mol. The van der Waals surface area contributed by atoms with Gasteiger partial charge in [0.25, 0.3) is 0 Å². The number of methoxy groups -OCH3 is 1. The zero-order chi connectivity index (χ0) is 12.7. The highest BCUT2D eigenvalue weighted by atomic mass is 16.5. The zero-order valence-electron chi connectivity index (χ0n) is 9.70. The van der Waals surface area contributed by atoms with Crippen LogP contribution >= 0.6 is 0 Å². The summed E-state index contributed by atoms with van der Waals surface area (Å²) in [4.78, 5) is 11.4. The van der Waals surface area contributed by atoms with Crippen molar-refractivity contribution in [1.82, 2.24) is 0 Å². The molecule has 2 rings (SSSR count). The lowest BCUT2D eigenvalue weighted by atomic mass is 10.1. The van der Waals surface area contributed by atoms with Gasteiger partial charge >= 0.3 is 5.63 Å². The summed E-state index contributed by atoms with van der Waals surface area (Å²) in [6.45, 7) is 3.08. The van der Waals surface area contributed by atoms with Gasteiger partial charge in [-0.1, -0.05) is 0 Å². The minimum absolute atomic E-state index is 0.0670. The zero-order valence-corrected chi connectivity index (χ0v) is 9.70. The summed E-state index contributed by atoms with van der Waals surface area (Å²) in [5, 5.41) is 19.9. The molecule has 0 bridgehead atoms. The maximum Gasteiger partial charge on any atom is 0.342 e. The van der Waals surface area contributed by atoms with E-state index in [-0.39, 0.29) is 28.0 Å². The predicted molar refractivity (Wildman–Crippen MR) is 61.8 cm³/mol. The Balaban J connectivity index is 3.03. The van der Waals surface area contributed by atoms with Crippen LogP contribution in [0.3, 0.4) is 0 Å². The Morgan fingerprint density at radius 1 is 1.18 bits per heavy atom. The second-order valence-electron chi connectivity index (χ2n) is 3.79. The van der Waals surface area contributed by atoms with Gasteiger partial charge in [0.1, 0.15) is 28.2 Å². The third-order valence-electron chi connectivity index (χ3n) is 2.79. The highest BCUT2D eigenvalue weighted by molar-refractivity contribution is 5.92. The van der Waals surface area contributed by atoms with Crippen LogP contribution in [0.1, 0.15) is 11.1 Å². The van der Waals surface area contributed by atoms with Gasteiger partial charge < -0.3 is 19.4 Å². The number of rotatable bonds is 1. The van der Waals surface area contributed by atoms with Gasteiger partial charge in [-0.15, -0.1) is 0 Å². The maximum atomic E-state index is 11.4. The van der Waals surface area contributed by atoms with Crippen LogP contribution < -0.4 is 10.4 Å². The molecule has 17 heavy (non-hydrogen) atoms. The Kier molecular flexibility index (Phi) is 2.46. The van der Waals surface area contributed by atoms with E-state index in [1.54, 1.807) is 6.92 Å². The van der Waals surface area contributed by atoms with Crippen LogP contribution in [0, 0.1) is 13.8 Å². The molecule has 0 unspecified atom stereocenters. The minimum Gasteiger partial charge on any atom is -0.507 e. The van der Waals surface area contributed by atoms with Gasteiger partial charge in [-0.25, -0.2) is 4.79 Å². The molecule has 1 aromatic heterocycles. The third-order valence-corrected chi connectivity index (χ3v) is 2.79. The highest BCUT2D eigenvalue weighted by Crippen LogP contribution is 2.40. The van der Waals surface area contributed by atoms with Crippen molar-refractivity contribution in [2.45, 2.75) is 13.8 Å². The fraction of sp³-hybridized carbons (Fsp3) is 0.250. The molecule has 0 saturated carbocycles. The van der Waals surface area contributed by atoms with Gasteiger partial charge in [-0.3, -0.25) is 0 Å². The van der Waals surface area contributed by atoms with Crippen LogP contribution in [0.2, 0.25) is 0 Å². The normalized spacial score (nSPS) is 10.8. The van der Waals surface area contributed by atoms with Crippen molar-refractivity contribution in [3.8, 4) is 17.2 Å². The number of fused-ring (bicyclic) bond motifs is 1. The van der Waals surface area contributed by atoms with Crippen molar-refractivity contribution in [3.05, 3.63) is 27.6 Å². The van der Waals surface area contributed by atoms with E-state index >= 15 is 0 Å². The average molecular weight is 236 g/mol. The Morgan fingerprint density at radius 2 is 1.76 bits per heavy atom. The summed E-state index contributed by atoms with van der Waals surface area (Å²) in [6.07, 6.45) is 0. The van der Waals surface area contributed by atoms with Crippen LogP contribution in [-0.2, 0) is 0 Å². The van der Waals surface area contributed by atoms with Crippen molar-refractivity contribution in [1.29, 1.82) is 0 Å². The first-order valence-electron chi connectivity index (χ1n) is 5.00. The van der Waals surface area contributed by atoms with Crippen LogP contribution in [0.4, 0.5) is 0 Å². The molecular formula is C12H12O5. The second kappa shape index (κ2) is 3.69. The summed E-state index contributed by atoms with van der Waals surface area (Å²) in [6, 6.07) is 1.46. The molecule has 0 fully saturated rings. The average Bonchev–Trinajstić information content (AvgIpc) is 2.30. The number of phenolic OH excluding ortho intramolecular Hbond substituents is 1. The Labute approximate surface area is 96.9 Å². The SMILES string of the molecule is COc1cc2oc(=O)c(C)c(O)c2c(O)c1C. The molecule has 0 aliphatic carbocycles. The van der Waals surface area contributed by atoms with Crippen molar-refractivity contribution >= 4 is 11.0 Å². The molecule has 0 atom stereocenters. The largest absolute Gasteiger partial charge is 0.507 e. The number of ether oxygens (including phenoxy) is 1. The molecule has 0 amide bonds. The fourth-order valence-electron chi connectivity index (χ4n) is 1.70. The molecule has 2 N–H and O–H groups in total. The van der Waals surface area contributed by atoms with Gasteiger partial charge in [-0.05, 0) is 13.8 Å². The first kappa shape index (κ1) is 11.3. The van der Waals surface area contributed by atoms with Gasteiger partial charge in [0.2, 0.25) is 0 Å². The number of phenols is 1. The van der Waals surface area contributed by atoms with Crippen molar-refractivity contribution in [2.24, 2.45) is 0 Å². The monoisotopic (exact) mass is 236 g/mol. The smallest absolute Gasteiger partial charge is 0.342 e. The minimum atomic E-state index is -0.639. The van der Waals surface area contributed by atoms with E-state index in [4.69, 9.17) is 9.15 Å². The van der Waals surface area contributed by atoms with E-state index in [2.05, 4.69) is 0 Å². The van der Waals surface area contributed by atoms with E-state index in [1.165, 1.54) is 20.1 Å². The molecule has 90 valence electrons. The molecule has 5 nitrogen and oxygen atoms in total. The molecule has 0 spiro atoms. The summed E-state index contributed by atoms with van der Waals surface area (Å²) in [5.74, 6) is -0.0235. The molecule has 0 aliphatic rings. The number of hydrogen-bond donors (Lipinski definition) is 2. The van der Waals surface area contributed by atoms with Crippen LogP contribution in [0.5, 0.6) is 17.2 Å². The van der Waals surface area contributed by atoms with Crippen molar-refractivity contribution < 1.29 is 19.4 Å². The lowest BCUT2D eigenvalue weighted by Gasteiger charge is -2.10. The van der Waals surface area contributed by atoms with Crippen LogP contribution in [0.25, 0.3) is 11.0 Å². The van der Waals surface area contributed by atoms with Gasteiger partial charge in [0.15, 0.2) is 0 Å². The Bertz CT molecular complexity index is 654. The van der Waals surface area contributed by atoms with E-state index < -0.39 is 5.63 Å². The topological polar surface area (TPSA) is 79.9 Å². The van der Waals surface area contributed by atoms with Gasteiger partial charge in [0, 0.05) is 11.6 Å².